The van der Waals surface area contributed by atoms with Crippen molar-refractivity contribution in [2.24, 2.45) is 0 Å². The number of non-ortho nitro benzene ring substituents is 1. The van der Waals surface area contributed by atoms with E-state index in [1.165, 1.54) is 6.07 Å². The maximum atomic E-state index is 11.2. The molecule has 0 aliphatic rings. The zero-order chi connectivity index (χ0) is 15.5. The fraction of sp³-hybridized carbons (Fsp3) is 0.0556. The number of hydrogen-bond acceptors (Lipinski definition) is 3. The van der Waals surface area contributed by atoms with Gasteiger partial charge in [0.2, 0.25) is 0 Å². The van der Waals surface area contributed by atoms with Crippen LogP contribution in [0.3, 0.4) is 0 Å². The third-order valence-corrected chi connectivity index (χ3v) is 3.70. The minimum absolute atomic E-state index is 0.0594. The molecule has 0 radical (unpaired) electrons. The highest BCUT2D eigenvalue weighted by Crippen LogP contribution is 2.34. The number of hydrogen-bond donors (Lipinski definition) is 0. The third-order valence-electron chi connectivity index (χ3n) is 3.70. The average Bonchev–Trinajstić information content (AvgIpc) is 2.56. The van der Waals surface area contributed by atoms with Crippen LogP contribution in [0.15, 0.2) is 66.7 Å². The maximum Gasteiger partial charge on any atom is 0.277 e. The van der Waals surface area contributed by atoms with E-state index in [-0.39, 0.29) is 5.69 Å². The van der Waals surface area contributed by atoms with Gasteiger partial charge in [0, 0.05) is 6.07 Å². The summed E-state index contributed by atoms with van der Waals surface area (Å²) in [4.78, 5) is 10.8. The molecule has 0 bridgehead atoms. The summed E-state index contributed by atoms with van der Waals surface area (Å²) in [6.07, 6.45) is 0. The SMILES string of the molecule is N#CC(c1ccccc1)c1ccc([N+](=O)[O-])c2ccccc12. The second-order valence-electron chi connectivity index (χ2n) is 4.95. The van der Waals surface area contributed by atoms with Gasteiger partial charge in [0.25, 0.3) is 5.69 Å². The molecular formula is C18H12N2O2. The summed E-state index contributed by atoms with van der Waals surface area (Å²) in [5, 5.41) is 22.1. The van der Waals surface area contributed by atoms with Gasteiger partial charge in [0.15, 0.2) is 0 Å². The molecule has 0 saturated carbocycles. The van der Waals surface area contributed by atoms with Crippen LogP contribution in [0.2, 0.25) is 0 Å². The van der Waals surface area contributed by atoms with Gasteiger partial charge >= 0.3 is 0 Å². The molecule has 3 rings (SSSR count). The Morgan fingerprint density at radius 2 is 1.55 bits per heavy atom. The third kappa shape index (κ3) is 2.29. The molecule has 0 spiro atoms. The lowest BCUT2D eigenvalue weighted by Crippen LogP contribution is -2.00. The van der Waals surface area contributed by atoms with Crippen molar-refractivity contribution in [1.82, 2.24) is 0 Å². The summed E-state index contributed by atoms with van der Waals surface area (Å²) in [6.45, 7) is 0. The van der Waals surface area contributed by atoms with Crippen LogP contribution in [0.4, 0.5) is 5.69 Å². The van der Waals surface area contributed by atoms with Crippen molar-refractivity contribution >= 4 is 16.5 Å². The molecule has 0 aliphatic heterocycles. The molecule has 0 fully saturated rings. The van der Waals surface area contributed by atoms with E-state index in [1.54, 1.807) is 18.2 Å². The maximum absolute atomic E-state index is 11.2. The Bertz CT molecular complexity index is 882. The average molecular weight is 288 g/mol. The van der Waals surface area contributed by atoms with Gasteiger partial charge in [-0.05, 0) is 28.6 Å². The van der Waals surface area contributed by atoms with Gasteiger partial charge in [-0.2, -0.15) is 5.26 Å². The van der Waals surface area contributed by atoms with Crippen molar-refractivity contribution in [3.05, 3.63) is 88.0 Å². The second kappa shape index (κ2) is 5.66. The molecule has 1 atom stereocenters. The fourth-order valence-corrected chi connectivity index (χ4v) is 2.69. The molecule has 0 aromatic heterocycles. The quantitative estimate of drug-likeness (QED) is 0.529. The Morgan fingerprint density at radius 1 is 0.909 bits per heavy atom. The summed E-state index contributed by atoms with van der Waals surface area (Å²) in [6, 6.07) is 22.0. The number of rotatable bonds is 3. The molecule has 4 nitrogen and oxygen atoms in total. The minimum Gasteiger partial charge on any atom is -0.258 e. The first kappa shape index (κ1) is 13.8. The topological polar surface area (TPSA) is 66.9 Å². The van der Waals surface area contributed by atoms with Crippen LogP contribution in [-0.4, -0.2) is 4.92 Å². The van der Waals surface area contributed by atoms with Crippen LogP contribution in [0, 0.1) is 21.4 Å². The van der Waals surface area contributed by atoms with Crippen molar-refractivity contribution in [2.75, 3.05) is 0 Å². The Labute approximate surface area is 127 Å². The smallest absolute Gasteiger partial charge is 0.258 e. The predicted octanol–water partition coefficient (Wildman–Crippen LogP) is 4.40. The van der Waals surface area contributed by atoms with E-state index in [1.807, 2.05) is 42.5 Å². The van der Waals surface area contributed by atoms with Gasteiger partial charge in [0.05, 0.1) is 22.3 Å². The Balaban J connectivity index is 2.26. The van der Waals surface area contributed by atoms with E-state index in [0.717, 1.165) is 16.5 Å². The Kier molecular flexibility index (Phi) is 3.55. The normalized spacial score (nSPS) is 11.8. The lowest BCUT2D eigenvalue weighted by atomic mass is 9.88. The van der Waals surface area contributed by atoms with E-state index in [9.17, 15) is 15.4 Å². The lowest BCUT2D eigenvalue weighted by molar-refractivity contribution is -0.383. The van der Waals surface area contributed by atoms with Crippen molar-refractivity contribution < 1.29 is 4.92 Å². The van der Waals surface area contributed by atoms with Crippen LogP contribution in [0.25, 0.3) is 10.8 Å². The van der Waals surface area contributed by atoms with Gasteiger partial charge in [-0.1, -0.05) is 48.5 Å². The number of fused-ring (bicyclic) bond motifs is 1. The van der Waals surface area contributed by atoms with Gasteiger partial charge in [-0.15, -0.1) is 0 Å². The van der Waals surface area contributed by atoms with Gasteiger partial charge in [0.1, 0.15) is 0 Å². The standard InChI is InChI=1S/C18H12N2O2/c19-12-17(13-6-2-1-3-7-13)15-10-11-18(20(21)22)16-9-5-4-8-14(15)16/h1-11,17H. The lowest BCUT2D eigenvalue weighted by Gasteiger charge is -2.13. The van der Waals surface area contributed by atoms with Crippen molar-refractivity contribution in [3.63, 3.8) is 0 Å². The largest absolute Gasteiger partial charge is 0.277 e. The molecule has 3 aromatic carbocycles. The summed E-state index contributed by atoms with van der Waals surface area (Å²) in [5.41, 5.74) is 1.73. The summed E-state index contributed by atoms with van der Waals surface area (Å²) >= 11 is 0. The first-order valence-electron chi connectivity index (χ1n) is 6.83. The van der Waals surface area contributed by atoms with E-state index >= 15 is 0 Å². The van der Waals surface area contributed by atoms with Gasteiger partial charge in [-0.3, -0.25) is 10.1 Å². The highest BCUT2D eigenvalue weighted by atomic mass is 16.6. The Morgan fingerprint density at radius 3 is 2.18 bits per heavy atom. The van der Waals surface area contributed by atoms with Crippen molar-refractivity contribution in [2.45, 2.75) is 5.92 Å². The molecule has 0 amide bonds. The van der Waals surface area contributed by atoms with Crippen LogP contribution in [0.1, 0.15) is 17.0 Å². The number of benzene rings is 3. The monoisotopic (exact) mass is 288 g/mol. The van der Waals surface area contributed by atoms with Crippen molar-refractivity contribution in [1.29, 1.82) is 5.26 Å². The molecule has 22 heavy (non-hydrogen) atoms. The Hall–Kier alpha value is -3.19. The molecule has 0 heterocycles. The highest BCUT2D eigenvalue weighted by Gasteiger charge is 2.20. The van der Waals surface area contributed by atoms with E-state index in [2.05, 4.69) is 6.07 Å². The molecule has 0 N–H and O–H groups in total. The molecule has 4 heteroatoms. The zero-order valence-corrected chi connectivity index (χ0v) is 11.6. The number of nitriles is 1. The summed E-state index contributed by atoms with van der Waals surface area (Å²) in [5.74, 6) is -0.452. The van der Waals surface area contributed by atoms with Gasteiger partial charge in [-0.25, -0.2) is 0 Å². The van der Waals surface area contributed by atoms with E-state index in [4.69, 9.17) is 0 Å². The van der Waals surface area contributed by atoms with E-state index < -0.39 is 10.8 Å². The first-order chi connectivity index (χ1) is 10.7. The van der Waals surface area contributed by atoms with Crippen LogP contribution < -0.4 is 0 Å². The highest BCUT2D eigenvalue weighted by molar-refractivity contribution is 5.94. The fourth-order valence-electron chi connectivity index (χ4n) is 2.69. The minimum atomic E-state index is -0.452. The molecule has 106 valence electrons. The molecule has 0 aliphatic carbocycles. The summed E-state index contributed by atoms with van der Waals surface area (Å²) in [7, 11) is 0. The van der Waals surface area contributed by atoms with Crippen LogP contribution in [-0.2, 0) is 0 Å². The number of nitro groups is 1. The van der Waals surface area contributed by atoms with Crippen LogP contribution >= 0.6 is 0 Å². The van der Waals surface area contributed by atoms with Crippen molar-refractivity contribution in [3.8, 4) is 6.07 Å². The van der Waals surface area contributed by atoms with E-state index in [0.29, 0.717) is 5.39 Å². The second-order valence-corrected chi connectivity index (χ2v) is 4.95. The molecule has 1 unspecified atom stereocenters. The van der Waals surface area contributed by atoms with Crippen LogP contribution in [0.5, 0.6) is 0 Å². The predicted molar refractivity (Wildman–Crippen MR) is 84.5 cm³/mol. The number of nitrogens with zero attached hydrogens (tertiary/aromatic N) is 2. The number of nitro benzene ring substituents is 1. The zero-order valence-electron chi connectivity index (χ0n) is 11.6. The first-order valence-corrected chi connectivity index (χ1v) is 6.83. The summed E-state index contributed by atoms with van der Waals surface area (Å²) < 4.78 is 0. The molecular weight excluding hydrogens is 276 g/mol. The van der Waals surface area contributed by atoms with Gasteiger partial charge < -0.3 is 0 Å². The molecule has 0 saturated heterocycles. The molecule has 3 aromatic rings.